The van der Waals surface area contributed by atoms with Gasteiger partial charge in [-0.25, -0.2) is 9.38 Å². The molecule has 6 nitrogen and oxygen atoms in total. The molecule has 1 heterocycles. The summed E-state index contributed by atoms with van der Waals surface area (Å²) in [6.07, 6.45) is 0.633. The van der Waals surface area contributed by atoms with E-state index >= 15 is 0 Å². The van der Waals surface area contributed by atoms with E-state index in [0.717, 1.165) is 21.2 Å². The third-order valence-electron chi connectivity index (χ3n) is 7.11. The standard InChI is InChI=1S/C34H32BrFN2O4/c35-28-14-10-26(11-15-28)31-34(23-25-6-2-1-3-7-25,33(40)37-19-18-24-8-4-9-29(36)22-24)38-32(42-31)27-12-16-30(17-13-27)41-21-5-20-39/h1-4,6-17,22,31,39H,5,18-21,23H2,(H,37,40)/t31-,34-/m1/s1. The second-order valence-corrected chi connectivity index (χ2v) is 11.1. The monoisotopic (exact) mass is 630 g/mol. The zero-order chi connectivity index (χ0) is 29.4. The van der Waals surface area contributed by atoms with Gasteiger partial charge in [-0.2, -0.15) is 0 Å². The number of nitrogens with zero attached hydrogens (tertiary/aromatic N) is 1. The summed E-state index contributed by atoms with van der Waals surface area (Å²) in [5.74, 6) is 0.453. The minimum absolute atomic E-state index is 0.0635. The molecule has 5 rings (SSSR count). The highest BCUT2D eigenvalue weighted by atomic mass is 79.9. The molecule has 0 radical (unpaired) electrons. The molecule has 1 amide bonds. The number of amides is 1. The molecule has 0 aliphatic carbocycles. The number of rotatable bonds is 12. The lowest BCUT2D eigenvalue weighted by Gasteiger charge is -2.31. The van der Waals surface area contributed by atoms with Gasteiger partial charge in [0.1, 0.15) is 11.6 Å². The summed E-state index contributed by atoms with van der Waals surface area (Å²) in [5, 5.41) is 12.1. The Bertz CT molecular complexity index is 1510. The van der Waals surface area contributed by atoms with E-state index in [-0.39, 0.29) is 18.3 Å². The topological polar surface area (TPSA) is 80.2 Å². The van der Waals surface area contributed by atoms with Crippen molar-refractivity contribution in [3.63, 3.8) is 0 Å². The Morgan fingerprint density at radius 1 is 0.976 bits per heavy atom. The van der Waals surface area contributed by atoms with E-state index in [1.54, 1.807) is 6.07 Å². The first-order chi connectivity index (χ1) is 20.5. The van der Waals surface area contributed by atoms with Crippen LogP contribution in [0, 0.1) is 5.82 Å². The summed E-state index contributed by atoms with van der Waals surface area (Å²) in [7, 11) is 0. The molecule has 0 unspecified atom stereocenters. The van der Waals surface area contributed by atoms with Gasteiger partial charge in [0.15, 0.2) is 11.6 Å². The van der Waals surface area contributed by atoms with E-state index in [1.165, 1.54) is 12.1 Å². The molecule has 0 bridgehead atoms. The van der Waals surface area contributed by atoms with Crippen molar-refractivity contribution in [2.45, 2.75) is 30.9 Å². The zero-order valence-corrected chi connectivity index (χ0v) is 24.6. The van der Waals surface area contributed by atoms with E-state index in [4.69, 9.17) is 19.6 Å². The van der Waals surface area contributed by atoms with Crippen molar-refractivity contribution in [1.82, 2.24) is 5.32 Å². The molecule has 1 aliphatic heterocycles. The number of hydrogen-bond acceptors (Lipinski definition) is 5. The molecule has 8 heteroatoms. The lowest BCUT2D eigenvalue weighted by atomic mass is 9.82. The molecule has 4 aromatic rings. The van der Waals surface area contributed by atoms with Crippen LogP contribution in [-0.2, 0) is 22.4 Å². The SMILES string of the molecule is O=C(NCCc1cccc(F)c1)[C@]1(Cc2ccccc2)N=C(c2ccc(OCCCO)cc2)O[C@@H]1c1ccc(Br)cc1. The number of aliphatic hydroxyl groups excluding tert-OH is 1. The van der Waals surface area contributed by atoms with Gasteiger partial charge in [0.25, 0.3) is 5.91 Å². The predicted molar refractivity (Wildman–Crippen MR) is 164 cm³/mol. The van der Waals surface area contributed by atoms with Gasteiger partial charge < -0.3 is 19.9 Å². The minimum Gasteiger partial charge on any atom is -0.494 e. The quantitative estimate of drug-likeness (QED) is 0.182. The molecule has 0 saturated heterocycles. The molecule has 4 aromatic carbocycles. The highest BCUT2D eigenvalue weighted by Gasteiger charge is 2.53. The number of halogens is 2. The first-order valence-electron chi connectivity index (χ1n) is 13.9. The first-order valence-corrected chi connectivity index (χ1v) is 14.7. The van der Waals surface area contributed by atoms with Crippen LogP contribution in [0.1, 0.15) is 34.8 Å². The number of hydrogen-bond donors (Lipinski definition) is 2. The van der Waals surface area contributed by atoms with Crippen LogP contribution >= 0.6 is 15.9 Å². The Balaban J connectivity index is 1.49. The van der Waals surface area contributed by atoms with Crippen LogP contribution in [0.5, 0.6) is 5.75 Å². The van der Waals surface area contributed by atoms with Crippen LogP contribution in [0.3, 0.4) is 0 Å². The average Bonchev–Trinajstić information content (AvgIpc) is 3.39. The largest absolute Gasteiger partial charge is 0.494 e. The maximum atomic E-state index is 14.2. The maximum Gasteiger partial charge on any atom is 0.252 e. The third-order valence-corrected chi connectivity index (χ3v) is 7.64. The molecule has 0 aromatic heterocycles. The van der Waals surface area contributed by atoms with Crippen molar-refractivity contribution in [3.8, 4) is 5.75 Å². The number of benzene rings is 4. The van der Waals surface area contributed by atoms with Crippen molar-refractivity contribution >= 4 is 27.7 Å². The Morgan fingerprint density at radius 2 is 1.71 bits per heavy atom. The van der Waals surface area contributed by atoms with Crippen LogP contribution in [0.15, 0.2) is 113 Å². The Labute approximate surface area is 253 Å². The number of carbonyl (C=O) groups is 1. The minimum atomic E-state index is -1.30. The average molecular weight is 632 g/mol. The summed E-state index contributed by atoms with van der Waals surface area (Å²) in [5.41, 5.74) is 1.97. The molecule has 0 saturated carbocycles. The van der Waals surface area contributed by atoms with Gasteiger partial charge >= 0.3 is 0 Å². The van der Waals surface area contributed by atoms with E-state index in [0.29, 0.717) is 49.6 Å². The van der Waals surface area contributed by atoms with Crippen molar-refractivity contribution in [1.29, 1.82) is 0 Å². The van der Waals surface area contributed by atoms with Gasteiger partial charge in [-0.15, -0.1) is 0 Å². The van der Waals surface area contributed by atoms with Crippen LogP contribution in [-0.4, -0.2) is 42.2 Å². The fourth-order valence-corrected chi connectivity index (χ4v) is 5.26. The van der Waals surface area contributed by atoms with E-state index in [2.05, 4.69) is 21.2 Å². The van der Waals surface area contributed by atoms with Crippen LogP contribution < -0.4 is 10.1 Å². The molecule has 0 fully saturated rings. The Hall–Kier alpha value is -4.01. The molecule has 1 aliphatic rings. The van der Waals surface area contributed by atoms with Crippen LogP contribution in [0.2, 0.25) is 0 Å². The fraction of sp³-hybridized carbons (Fsp3) is 0.235. The lowest BCUT2D eigenvalue weighted by Crippen LogP contribution is -2.50. The summed E-state index contributed by atoms with van der Waals surface area (Å²) >= 11 is 3.50. The molecular weight excluding hydrogens is 599 g/mol. The maximum absolute atomic E-state index is 14.2. The summed E-state index contributed by atoms with van der Waals surface area (Å²) in [4.78, 5) is 19.3. The number of aliphatic imine (C=N–C) groups is 1. The lowest BCUT2D eigenvalue weighted by molar-refractivity contribution is -0.128. The van der Waals surface area contributed by atoms with Gasteiger partial charge in [0, 0.05) is 36.0 Å². The molecular formula is C34H32BrFN2O4. The number of aliphatic hydroxyl groups is 1. The molecule has 2 N–H and O–H groups in total. The number of nitrogens with one attached hydrogen (secondary N) is 1. The van der Waals surface area contributed by atoms with E-state index in [9.17, 15) is 9.18 Å². The zero-order valence-electron chi connectivity index (χ0n) is 23.0. The summed E-state index contributed by atoms with van der Waals surface area (Å²) < 4.78 is 26.9. The fourth-order valence-electron chi connectivity index (χ4n) is 4.99. The second-order valence-electron chi connectivity index (χ2n) is 10.1. The van der Waals surface area contributed by atoms with Crippen molar-refractivity contribution < 1.29 is 23.8 Å². The second kappa shape index (κ2) is 13.8. The first kappa shape index (κ1) is 29.5. The summed E-state index contributed by atoms with van der Waals surface area (Å²) in [6, 6.07) is 31.2. The molecule has 42 heavy (non-hydrogen) atoms. The molecule has 2 atom stereocenters. The third kappa shape index (κ3) is 7.06. The normalized spacial score (nSPS) is 17.8. The van der Waals surface area contributed by atoms with Gasteiger partial charge in [0.2, 0.25) is 5.90 Å². The predicted octanol–water partition coefficient (Wildman–Crippen LogP) is 6.21. The number of carbonyl (C=O) groups excluding carboxylic acids is 1. The van der Waals surface area contributed by atoms with Crippen LogP contribution in [0.25, 0.3) is 0 Å². The molecule has 216 valence electrons. The van der Waals surface area contributed by atoms with Crippen LogP contribution in [0.4, 0.5) is 4.39 Å². The highest BCUT2D eigenvalue weighted by Crippen LogP contribution is 2.42. The Morgan fingerprint density at radius 3 is 2.43 bits per heavy atom. The van der Waals surface area contributed by atoms with Crippen molar-refractivity contribution in [3.05, 3.63) is 136 Å². The summed E-state index contributed by atoms with van der Waals surface area (Å²) in [6.45, 7) is 0.791. The van der Waals surface area contributed by atoms with E-state index < -0.39 is 11.6 Å². The smallest absolute Gasteiger partial charge is 0.252 e. The number of ether oxygens (including phenoxy) is 2. The molecule has 0 spiro atoms. The van der Waals surface area contributed by atoms with Crippen molar-refractivity contribution in [2.24, 2.45) is 4.99 Å². The van der Waals surface area contributed by atoms with Crippen molar-refractivity contribution in [2.75, 3.05) is 19.8 Å². The van der Waals surface area contributed by atoms with Gasteiger partial charge in [-0.3, -0.25) is 4.79 Å². The Kier molecular flexibility index (Phi) is 9.66. The van der Waals surface area contributed by atoms with Gasteiger partial charge in [-0.1, -0.05) is 70.5 Å². The van der Waals surface area contributed by atoms with Gasteiger partial charge in [-0.05, 0) is 71.6 Å². The van der Waals surface area contributed by atoms with Gasteiger partial charge in [0.05, 0.1) is 6.61 Å². The highest BCUT2D eigenvalue weighted by molar-refractivity contribution is 9.10. The van der Waals surface area contributed by atoms with E-state index in [1.807, 2.05) is 84.9 Å².